The van der Waals surface area contributed by atoms with E-state index in [1.807, 2.05) is 0 Å². The van der Waals surface area contributed by atoms with E-state index in [9.17, 15) is 26.7 Å². The molecule has 1 aromatic heterocycles. The summed E-state index contributed by atoms with van der Waals surface area (Å²) in [7, 11) is -7.01. The average Bonchev–Trinajstić information content (AvgIpc) is 2.78. The summed E-state index contributed by atoms with van der Waals surface area (Å²) in [5.74, 6) is -0.737. The fourth-order valence-electron chi connectivity index (χ4n) is 3.92. The Morgan fingerprint density at radius 3 is 2.60 bits per heavy atom. The minimum Gasteiger partial charge on any atom is -0.506 e. The highest BCUT2D eigenvalue weighted by molar-refractivity contribution is 7.91. The van der Waals surface area contributed by atoms with Gasteiger partial charge in [0.25, 0.3) is 25.8 Å². The van der Waals surface area contributed by atoms with Crippen molar-refractivity contribution < 1.29 is 21.9 Å². The lowest BCUT2D eigenvalue weighted by molar-refractivity contribution is 0.414. The van der Waals surface area contributed by atoms with Gasteiger partial charge in [-0.2, -0.15) is 16.8 Å². The van der Waals surface area contributed by atoms with Gasteiger partial charge >= 0.3 is 0 Å². The Hall–Kier alpha value is -3.62. The molecule has 5 rings (SSSR count). The number of pyridine rings is 1. The van der Waals surface area contributed by atoms with Crippen LogP contribution in [0, 0.1) is 0 Å². The zero-order valence-electron chi connectivity index (χ0n) is 18.4. The molecular weight excluding hydrogens is 496 g/mol. The van der Waals surface area contributed by atoms with Crippen LogP contribution in [0.5, 0.6) is 5.75 Å². The minimum atomic E-state index is -4.35. The number of fused-ring (bicyclic) bond motifs is 2. The fraction of sp³-hybridized carbons (Fsp3) is 0.238. The van der Waals surface area contributed by atoms with Crippen molar-refractivity contribution >= 4 is 48.3 Å². The summed E-state index contributed by atoms with van der Waals surface area (Å²) in [4.78, 5) is 13.2. The Balaban J connectivity index is 1.64. The topological polar surface area (TPSA) is 171 Å². The van der Waals surface area contributed by atoms with Crippen molar-refractivity contribution in [2.45, 2.75) is 30.2 Å². The molecule has 0 bridgehead atoms. The SMILES string of the molecule is CNS(=O)(=O)Nc1ccc2c(c1)S(=O)(=O)N=C(c1c(O)c3ccccc3n(NC3CCC3)c1=O)N2. The van der Waals surface area contributed by atoms with Gasteiger partial charge < -0.3 is 15.8 Å². The largest absolute Gasteiger partial charge is 0.506 e. The Kier molecular flexibility index (Phi) is 5.45. The first kappa shape index (κ1) is 23.1. The number of aromatic hydroxyl groups is 1. The molecule has 184 valence electrons. The highest BCUT2D eigenvalue weighted by atomic mass is 32.2. The van der Waals surface area contributed by atoms with Gasteiger partial charge in [0.05, 0.1) is 16.9 Å². The van der Waals surface area contributed by atoms with Crippen LogP contribution in [-0.2, 0) is 20.2 Å². The lowest BCUT2D eigenvalue weighted by atomic mass is 9.94. The summed E-state index contributed by atoms with van der Waals surface area (Å²) in [5, 5.41) is 14.1. The molecule has 0 spiro atoms. The maximum atomic E-state index is 13.5. The predicted molar refractivity (Wildman–Crippen MR) is 132 cm³/mol. The molecule has 2 aliphatic rings. The Morgan fingerprint density at radius 2 is 1.91 bits per heavy atom. The van der Waals surface area contributed by atoms with E-state index in [0.29, 0.717) is 10.9 Å². The normalized spacial score (nSPS) is 17.1. The van der Waals surface area contributed by atoms with Crippen molar-refractivity contribution in [2.75, 3.05) is 22.5 Å². The summed E-state index contributed by atoms with van der Waals surface area (Å²) < 4.78 is 58.9. The highest BCUT2D eigenvalue weighted by Gasteiger charge is 2.31. The molecule has 0 saturated heterocycles. The van der Waals surface area contributed by atoms with Crippen LogP contribution in [0.2, 0.25) is 0 Å². The number of nitrogens with one attached hydrogen (secondary N) is 4. The van der Waals surface area contributed by atoms with Gasteiger partial charge in [-0.05, 0) is 49.6 Å². The lowest BCUT2D eigenvalue weighted by Gasteiger charge is -2.29. The van der Waals surface area contributed by atoms with Gasteiger partial charge in [-0.25, -0.2) is 9.40 Å². The van der Waals surface area contributed by atoms with E-state index in [1.165, 1.54) is 23.9 Å². The number of hydrogen-bond acceptors (Lipinski definition) is 8. The molecule has 14 heteroatoms. The first-order chi connectivity index (χ1) is 16.6. The Bertz CT molecular complexity index is 1660. The number of nitrogens with zero attached hydrogens (tertiary/aromatic N) is 2. The maximum Gasteiger partial charge on any atom is 0.298 e. The van der Waals surface area contributed by atoms with E-state index in [1.54, 1.807) is 24.3 Å². The molecule has 2 aromatic carbocycles. The van der Waals surface area contributed by atoms with E-state index in [4.69, 9.17) is 0 Å². The van der Waals surface area contributed by atoms with Crippen LogP contribution in [0.25, 0.3) is 10.9 Å². The molecule has 0 atom stereocenters. The van der Waals surface area contributed by atoms with E-state index < -0.39 is 31.5 Å². The molecule has 1 fully saturated rings. The predicted octanol–water partition coefficient (Wildman–Crippen LogP) is 1.24. The average molecular weight is 519 g/mol. The molecular formula is C21H22N6O6S2. The second-order valence-electron chi connectivity index (χ2n) is 8.20. The van der Waals surface area contributed by atoms with Crippen molar-refractivity contribution in [1.82, 2.24) is 9.40 Å². The van der Waals surface area contributed by atoms with Crippen LogP contribution >= 0.6 is 0 Å². The summed E-state index contributed by atoms with van der Waals surface area (Å²) in [6, 6.07) is 10.6. The number of para-hydroxylation sites is 1. The van der Waals surface area contributed by atoms with Crippen LogP contribution < -0.4 is 25.7 Å². The molecule has 5 N–H and O–H groups in total. The quantitative estimate of drug-likeness (QED) is 0.324. The Morgan fingerprint density at radius 1 is 1.17 bits per heavy atom. The summed E-state index contributed by atoms with van der Waals surface area (Å²) >= 11 is 0. The van der Waals surface area contributed by atoms with Crippen LogP contribution in [0.4, 0.5) is 11.4 Å². The zero-order chi connectivity index (χ0) is 25.0. The number of benzene rings is 2. The molecule has 1 aliphatic carbocycles. The molecule has 0 unspecified atom stereocenters. The monoisotopic (exact) mass is 518 g/mol. The van der Waals surface area contributed by atoms with Gasteiger partial charge in [0.15, 0.2) is 5.84 Å². The summed E-state index contributed by atoms with van der Waals surface area (Å²) in [6.07, 6.45) is 2.81. The van der Waals surface area contributed by atoms with Gasteiger partial charge in [0.2, 0.25) is 0 Å². The number of sulfonamides is 1. The molecule has 0 amide bonds. The van der Waals surface area contributed by atoms with Crippen molar-refractivity contribution in [1.29, 1.82) is 0 Å². The number of anilines is 2. The van der Waals surface area contributed by atoms with Crippen molar-refractivity contribution in [3.05, 3.63) is 58.4 Å². The third kappa shape index (κ3) is 4.09. The number of aromatic nitrogens is 1. The van der Waals surface area contributed by atoms with E-state index in [0.717, 1.165) is 25.3 Å². The fourth-order valence-corrected chi connectivity index (χ4v) is 5.61. The molecule has 0 radical (unpaired) electrons. The van der Waals surface area contributed by atoms with E-state index in [2.05, 4.69) is 24.6 Å². The first-order valence-electron chi connectivity index (χ1n) is 10.7. The zero-order valence-corrected chi connectivity index (χ0v) is 20.1. The van der Waals surface area contributed by atoms with Crippen molar-refractivity contribution in [3.8, 4) is 5.75 Å². The number of amidine groups is 1. The third-order valence-electron chi connectivity index (χ3n) is 5.95. The third-order valence-corrected chi connectivity index (χ3v) is 8.31. The second-order valence-corrected chi connectivity index (χ2v) is 11.4. The molecule has 35 heavy (non-hydrogen) atoms. The van der Waals surface area contributed by atoms with E-state index >= 15 is 0 Å². The number of rotatable bonds is 6. The van der Waals surface area contributed by atoms with Crippen LogP contribution in [0.3, 0.4) is 0 Å². The van der Waals surface area contributed by atoms with Crippen LogP contribution in [0.15, 0.2) is 56.6 Å². The maximum absolute atomic E-state index is 13.5. The Labute approximate surface area is 200 Å². The minimum absolute atomic E-state index is 0.00253. The molecule has 12 nitrogen and oxygen atoms in total. The first-order valence-corrected chi connectivity index (χ1v) is 13.6. The summed E-state index contributed by atoms with van der Waals surface area (Å²) in [6.45, 7) is 0. The summed E-state index contributed by atoms with van der Waals surface area (Å²) in [5.41, 5.74) is 2.73. The van der Waals surface area contributed by atoms with Gasteiger partial charge in [-0.15, -0.1) is 4.40 Å². The molecule has 1 aliphatic heterocycles. The van der Waals surface area contributed by atoms with Gasteiger partial charge in [0.1, 0.15) is 16.2 Å². The second kappa shape index (κ2) is 8.25. The molecule has 2 heterocycles. The number of hydrogen-bond donors (Lipinski definition) is 5. The van der Waals surface area contributed by atoms with Crippen molar-refractivity contribution in [3.63, 3.8) is 0 Å². The molecule has 3 aromatic rings. The van der Waals surface area contributed by atoms with Gasteiger partial charge in [0, 0.05) is 18.5 Å². The lowest BCUT2D eigenvalue weighted by Crippen LogP contribution is -2.42. The highest BCUT2D eigenvalue weighted by Crippen LogP contribution is 2.34. The molecule has 1 saturated carbocycles. The van der Waals surface area contributed by atoms with Gasteiger partial charge in [-0.3, -0.25) is 9.52 Å². The van der Waals surface area contributed by atoms with Crippen LogP contribution in [0.1, 0.15) is 24.8 Å². The smallest absolute Gasteiger partial charge is 0.298 e. The van der Waals surface area contributed by atoms with E-state index in [-0.39, 0.29) is 33.7 Å². The van der Waals surface area contributed by atoms with Gasteiger partial charge in [-0.1, -0.05) is 12.1 Å². The van der Waals surface area contributed by atoms with Crippen LogP contribution in [-0.4, -0.2) is 45.5 Å². The van der Waals surface area contributed by atoms with Crippen molar-refractivity contribution in [2.24, 2.45) is 4.40 Å². The standard InChI is InChI=1S/C21H22N6O6S2/c1-22-35(32,33)25-13-9-10-15-17(11-13)34(30,31)26-20(23-15)18-19(28)14-7-2-3-8-16(14)27(21(18)29)24-12-5-4-6-12/h2-3,7-12,22,24-25,28H,4-6H2,1H3,(H,23,26).